The second-order valence-electron chi connectivity index (χ2n) is 10.4. The highest BCUT2D eigenvalue weighted by Gasteiger charge is 2.34. The number of nitrogens with one attached hydrogen (secondary N) is 4. The fraction of sp³-hybridized carbons (Fsp3) is 0.519. The number of hydrogen-bond donors (Lipinski definition) is 4. The van der Waals surface area contributed by atoms with Gasteiger partial charge in [0.2, 0.25) is 23.5 Å². The van der Waals surface area contributed by atoms with Crippen molar-refractivity contribution in [1.82, 2.24) is 21.3 Å². The lowest BCUT2D eigenvalue weighted by Gasteiger charge is -2.24. The molecule has 38 heavy (non-hydrogen) atoms. The van der Waals surface area contributed by atoms with Gasteiger partial charge in [0, 0.05) is 35.2 Å². The summed E-state index contributed by atoms with van der Waals surface area (Å²) in [6.07, 6.45) is 4.34. The van der Waals surface area contributed by atoms with E-state index in [1.807, 2.05) is 0 Å². The van der Waals surface area contributed by atoms with E-state index < -0.39 is 46.9 Å². The van der Waals surface area contributed by atoms with E-state index in [0.29, 0.717) is 13.0 Å². The zero-order chi connectivity index (χ0) is 28.5. The van der Waals surface area contributed by atoms with Gasteiger partial charge in [-0.2, -0.15) is 0 Å². The first-order valence-electron chi connectivity index (χ1n) is 12.7. The summed E-state index contributed by atoms with van der Waals surface area (Å²) in [7, 11) is 0. The van der Waals surface area contributed by atoms with Crippen molar-refractivity contribution >= 4 is 47.1 Å². The van der Waals surface area contributed by atoms with Gasteiger partial charge in [-0.3, -0.25) is 24.0 Å². The van der Waals surface area contributed by atoms with Crippen molar-refractivity contribution in [2.75, 3.05) is 6.54 Å². The van der Waals surface area contributed by atoms with Gasteiger partial charge in [0.25, 0.3) is 5.91 Å². The smallest absolute Gasteiger partial charge is 0.290 e. The average molecular weight is 551 g/mol. The van der Waals surface area contributed by atoms with Crippen LogP contribution in [0.5, 0.6) is 0 Å². The minimum Gasteiger partial charge on any atom is -0.356 e. The van der Waals surface area contributed by atoms with Crippen LogP contribution in [0.2, 0.25) is 5.02 Å². The van der Waals surface area contributed by atoms with Crippen molar-refractivity contribution in [3.8, 4) is 0 Å². The number of hydrogen-bond acceptors (Lipinski definition) is 5. The van der Waals surface area contributed by atoms with Crippen LogP contribution in [0.1, 0.15) is 65.4 Å². The maximum Gasteiger partial charge on any atom is 0.290 e. The largest absolute Gasteiger partial charge is 0.356 e. The summed E-state index contributed by atoms with van der Waals surface area (Å²) in [5, 5.41) is 10.6. The van der Waals surface area contributed by atoms with Crippen molar-refractivity contribution in [2.45, 2.75) is 77.4 Å². The van der Waals surface area contributed by atoms with Gasteiger partial charge in [0.05, 0.1) is 6.04 Å². The molecule has 0 aromatic heterocycles. The number of halogens is 2. The molecule has 1 aliphatic rings. The molecule has 1 aliphatic carbocycles. The standard InChI is InChI=1S/C27H36ClFN4O5/c1-5-30-22(34)13-11-20(24(36)26(38)33-27(2,3)4)32-25(37)21(14-16-6-7-16)31-23(35)12-9-17-8-10-18(28)15-19(17)29/h8-10,12,15-16,20-21H,5-7,11,13-14H2,1-4H3,(H,30,34)(H,31,35)(H,32,37)(H,33,38)/b12-9+. The predicted octanol–water partition coefficient (Wildman–Crippen LogP) is 2.66. The molecule has 0 spiro atoms. The van der Waals surface area contributed by atoms with E-state index in [1.54, 1.807) is 27.7 Å². The molecule has 1 aromatic rings. The highest BCUT2D eigenvalue weighted by molar-refractivity contribution is 6.38. The summed E-state index contributed by atoms with van der Waals surface area (Å²) < 4.78 is 14.0. The molecular weight excluding hydrogens is 515 g/mol. The highest BCUT2D eigenvalue weighted by atomic mass is 35.5. The Morgan fingerprint density at radius 3 is 2.37 bits per heavy atom. The molecule has 1 saturated carbocycles. The normalized spacial score (nSPS) is 14.9. The molecule has 4 amide bonds. The minimum atomic E-state index is -1.26. The van der Waals surface area contributed by atoms with Crippen molar-refractivity contribution < 1.29 is 28.4 Å². The number of amides is 4. The average Bonchev–Trinajstić information content (AvgIpc) is 3.63. The second kappa shape index (κ2) is 14.0. The van der Waals surface area contributed by atoms with Crippen LogP contribution in [0.3, 0.4) is 0 Å². The van der Waals surface area contributed by atoms with Gasteiger partial charge >= 0.3 is 0 Å². The van der Waals surface area contributed by atoms with E-state index in [9.17, 15) is 28.4 Å². The Balaban J connectivity index is 2.14. The number of Topliss-reactive ketones (excluding diaryl/α,β-unsaturated/α-hetero) is 1. The van der Waals surface area contributed by atoms with E-state index in [4.69, 9.17) is 11.6 Å². The van der Waals surface area contributed by atoms with E-state index in [1.165, 1.54) is 18.2 Å². The van der Waals surface area contributed by atoms with E-state index in [0.717, 1.165) is 25.0 Å². The molecule has 0 heterocycles. The van der Waals surface area contributed by atoms with Crippen molar-refractivity contribution in [2.24, 2.45) is 5.92 Å². The lowest BCUT2D eigenvalue weighted by molar-refractivity contribution is -0.141. The minimum absolute atomic E-state index is 0.0810. The lowest BCUT2D eigenvalue weighted by Crippen LogP contribution is -2.55. The molecule has 0 aliphatic heterocycles. The summed E-state index contributed by atoms with van der Waals surface area (Å²) >= 11 is 5.75. The molecule has 0 saturated heterocycles. The molecule has 0 bridgehead atoms. The highest BCUT2D eigenvalue weighted by Crippen LogP contribution is 2.33. The number of rotatable bonds is 13. The van der Waals surface area contributed by atoms with Crippen LogP contribution in [0.15, 0.2) is 24.3 Å². The Morgan fingerprint density at radius 2 is 1.79 bits per heavy atom. The monoisotopic (exact) mass is 550 g/mol. The van der Waals surface area contributed by atoms with E-state index in [2.05, 4.69) is 21.3 Å². The molecule has 2 rings (SSSR count). The first kappa shape index (κ1) is 31.0. The summed E-state index contributed by atoms with van der Waals surface area (Å²) in [4.78, 5) is 63.2. The summed E-state index contributed by atoms with van der Waals surface area (Å²) in [5.41, 5.74) is -0.534. The quantitative estimate of drug-likeness (QED) is 0.221. The topological polar surface area (TPSA) is 133 Å². The SMILES string of the molecule is CCNC(=O)CCC(NC(=O)C(CC1CC1)NC(=O)/C=C/c1ccc(Cl)cc1F)C(=O)C(=O)NC(C)(C)C. The molecule has 0 radical (unpaired) electrons. The number of ketones is 1. The Hall–Kier alpha value is -3.27. The van der Waals surface area contributed by atoms with E-state index in [-0.39, 0.29) is 35.3 Å². The Bertz CT molecular complexity index is 1080. The molecule has 11 heteroatoms. The molecule has 1 fully saturated rings. The van der Waals surface area contributed by atoms with Crippen LogP contribution in [-0.2, 0) is 24.0 Å². The summed E-state index contributed by atoms with van der Waals surface area (Å²) in [5.74, 6) is -3.72. The van der Waals surface area contributed by atoms with Gasteiger partial charge in [-0.25, -0.2) is 4.39 Å². The third-order valence-corrected chi connectivity index (χ3v) is 5.89. The van der Waals surface area contributed by atoms with Gasteiger partial charge in [-0.1, -0.05) is 30.5 Å². The molecule has 1 aromatic carbocycles. The second-order valence-corrected chi connectivity index (χ2v) is 10.8. The third kappa shape index (κ3) is 11.0. The molecule has 208 valence electrons. The number of carbonyl (C=O) groups is 5. The van der Waals surface area contributed by atoms with Crippen molar-refractivity contribution in [3.63, 3.8) is 0 Å². The predicted molar refractivity (Wildman–Crippen MR) is 142 cm³/mol. The third-order valence-electron chi connectivity index (χ3n) is 5.66. The maximum atomic E-state index is 14.0. The fourth-order valence-corrected chi connectivity index (χ4v) is 3.76. The van der Waals surface area contributed by atoms with Crippen LogP contribution in [0.25, 0.3) is 6.08 Å². The zero-order valence-corrected chi connectivity index (χ0v) is 22.9. The van der Waals surface area contributed by atoms with Crippen LogP contribution in [0.4, 0.5) is 4.39 Å². The van der Waals surface area contributed by atoms with Gasteiger partial charge in [-0.15, -0.1) is 0 Å². The molecule has 2 unspecified atom stereocenters. The van der Waals surface area contributed by atoms with Gasteiger partial charge < -0.3 is 21.3 Å². The number of carbonyl (C=O) groups excluding carboxylic acids is 5. The maximum absolute atomic E-state index is 14.0. The summed E-state index contributed by atoms with van der Waals surface area (Å²) in [6, 6.07) is 1.78. The van der Waals surface area contributed by atoms with Crippen LogP contribution >= 0.6 is 11.6 Å². The van der Waals surface area contributed by atoms with E-state index >= 15 is 0 Å². The molecule has 2 atom stereocenters. The fourth-order valence-electron chi connectivity index (χ4n) is 3.60. The molecule has 9 nitrogen and oxygen atoms in total. The first-order chi connectivity index (χ1) is 17.8. The van der Waals surface area contributed by atoms with Crippen LogP contribution in [-0.4, -0.2) is 53.6 Å². The Kier molecular flexibility index (Phi) is 11.4. The van der Waals surface area contributed by atoms with Crippen molar-refractivity contribution in [1.29, 1.82) is 0 Å². The molecule has 4 N–H and O–H groups in total. The van der Waals surface area contributed by atoms with Gasteiger partial charge in [0.15, 0.2) is 0 Å². The molecular formula is C27H36ClFN4O5. The number of benzene rings is 1. The van der Waals surface area contributed by atoms with Crippen LogP contribution in [0, 0.1) is 11.7 Å². The first-order valence-corrected chi connectivity index (χ1v) is 13.0. The Morgan fingerprint density at radius 1 is 1.11 bits per heavy atom. The summed E-state index contributed by atoms with van der Waals surface area (Å²) in [6.45, 7) is 7.29. The van der Waals surface area contributed by atoms with Gasteiger partial charge in [-0.05, 0) is 64.7 Å². The van der Waals surface area contributed by atoms with Gasteiger partial charge in [0.1, 0.15) is 11.9 Å². The Labute approximate surface area is 227 Å². The van der Waals surface area contributed by atoms with Crippen molar-refractivity contribution in [3.05, 3.63) is 40.7 Å². The lowest BCUT2D eigenvalue weighted by atomic mass is 10.0. The zero-order valence-electron chi connectivity index (χ0n) is 22.2. The van der Waals surface area contributed by atoms with Crippen LogP contribution < -0.4 is 21.3 Å².